The smallest absolute Gasteiger partial charge is 0.258 e. The number of hydrogen-bond donors (Lipinski definition) is 4. The first-order chi connectivity index (χ1) is 8.56. The molecule has 18 heavy (non-hydrogen) atoms. The van der Waals surface area contributed by atoms with Crippen LogP contribution in [0.1, 0.15) is 23.2 Å². The van der Waals surface area contributed by atoms with Crippen LogP contribution in [0.5, 0.6) is 5.75 Å². The van der Waals surface area contributed by atoms with Gasteiger partial charge in [0, 0.05) is 13.0 Å². The zero-order valence-corrected chi connectivity index (χ0v) is 9.56. The van der Waals surface area contributed by atoms with Crippen LogP contribution in [-0.4, -0.2) is 28.6 Å². The summed E-state index contributed by atoms with van der Waals surface area (Å²) in [5.41, 5.74) is 4.85. The topological polar surface area (TPSA) is 108 Å². The molecule has 0 aliphatic carbocycles. The average Bonchev–Trinajstić information content (AvgIpc) is 2.34. The lowest BCUT2D eigenvalue weighted by atomic mass is 10.1. The van der Waals surface area contributed by atoms with Gasteiger partial charge in [-0.1, -0.05) is 11.2 Å². The van der Waals surface area contributed by atoms with Gasteiger partial charge in [-0.25, -0.2) is 4.39 Å². The van der Waals surface area contributed by atoms with Crippen LogP contribution in [0.25, 0.3) is 0 Å². The Labute approximate surface area is 103 Å². The quantitative estimate of drug-likeness (QED) is 0.205. The van der Waals surface area contributed by atoms with E-state index in [1.807, 2.05) is 0 Å². The van der Waals surface area contributed by atoms with Gasteiger partial charge in [0.15, 0.2) is 0 Å². The molecule has 98 valence electrons. The van der Waals surface area contributed by atoms with E-state index in [1.165, 1.54) is 12.1 Å². The highest BCUT2D eigenvalue weighted by atomic mass is 19.1. The molecule has 0 radical (unpaired) electrons. The van der Waals surface area contributed by atoms with Crippen LogP contribution < -0.4 is 11.1 Å². The number of carbonyl (C=O) groups excluding carboxylic acids is 1. The Morgan fingerprint density at radius 1 is 1.50 bits per heavy atom. The van der Waals surface area contributed by atoms with Gasteiger partial charge in [-0.05, 0) is 18.6 Å². The molecule has 0 saturated carbocycles. The van der Waals surface area contributed by atoms with Gasteiger partial charge in [0.1, 0.15) is 23.0 Å². The van der Waals surface area contributed by atoms with E-state index < -0.39 is 17.5 Å². The molecule has 0 heterocycles. The summed E-state index contributed by atoms with van der Waals surface area (Å²) >= 11 is 0. The first kappa shape index (κ1) is 13.8. The fourth-order valence-electron chi connectivity index (χ4n) is 1.35. The minimum atomic E-state index is -0.788. The van der Waals surface area contributed by atoms with E-state index in [-0.39, 0.29) is 17.9 Å². The molecule has 0 aromatic heterocycles. The van der Waals surface area contributed by atoms with Crippen LogP contribution in [-0.2, 0) is 0 Å². The molecule has 0 fully saturated rings. The Hall–Kier alpha value is -2.31. The third-order valence-electron chi connectivity index (χ3n) is 2.24. The zero-order chi connectivity index (χ0) is 13.5. The summed E-state index contributed by atoms with van der Waals surface area (Å²) in [4.78, 5) is 11.6. The van der Waals surface area contributed by atoms with Crippen molar-refractivity contribution >= 4 is 11.7 Å². The summed E-state index contributed by atoms with van der Waals surface area (Å²) in [5, 5.41) is 22.9. The van der Waals surface area contributed by atoms with Crippen molar-refractivity contribution in [2.45, 2.75) is 12.8 Å². The highest BCUT2D eigenvalue weighted by molar-refractivity contribution is 5.97. The zero-order valence-electron chi connectivity index (χ0n) is 9.56. The molecule has 0 spiro atoms. The Kier molecular flexibility index (Phi) is 4.91. The normalized spacial score (nSPS) is 11.3. The van der Waals surface area contributed by atoms with Crippen LogP contribution in [0, 0.1) is 5.82 Å². The van der Waals surface area contributed by atoms with Crippen molar-refractivity contribution in [3.05, 3.63) is 29.6 Å². The molecule has 0 atom stereocenters. The predicted octanol–water partition coefficient (Wildman–Crippen LogP) is 0.788. The van der Waals surface area contributed by atoms with Gasteiger partial charge in [-0.15, -0.1) is 0 Å². The SMILES string of the molecule is N/C(CCCNC(=O)c1c(O)cccc1F)=N/O. The Morgan fingerprint density at radius 3 is 2.83 bits per heavy atom. The van der Waals surface area contributed by atoms with E-state index >= 15 is 0 Å². The fraction of sp³-hybridized carbons (Fsp3) is 0.273. The van der Waals surface area contributed by atoms with Crippen molar-refractivity contribution in [1.82, 2.24) is 5.32 Å². The molecule has 1 aromatic rings. The van der Waals surface area contributed by atoms with Gasteiger partial charge in [0.2, 0.25) is 0 Å². The summed E-state index contributed by atoms with van der Waals surface area (Å²) in [6.45, 7) is 0.225. The molecule has 0 bridgehead atoms. The molecule has 1 rings (SSSR count). The fourth-order valence-corrected chi connectivity index (χ4v) is 1.35. The van der Waals surface area contributed by atoms with E-state index in [4.69, 9.17) is 10.9 Å². The number of nitrogens with one attached hydrogen (secondary N) is 1. The number of phenolic OH excluding ortho intramolecular Hbond substituents is 1. The molecule has 0 unspecified atom stereocenters. The third-order valence-corrected chi connectivity index (χ3v) is 2.24. The number of nitrogens with two attached hydrogens (primary N) is 1. The summed E-state index contributed by atoms with van der Waals surface area (Å²) in [5.74, 6) is -1.85. The monoisotopic (exact) mass is 255 g/mol. The van der Waals surface area contributed by atoms with Gasteiger partial charge in [-0.3, -0.25) is 4.79 Å². The van der Waals surface area contributed by atoms with Crippen molar-refractivity contribution in [2.24, 2.45) is 10.9 Å². The number of oxime groups is 1. The van der Waals surface area contributed by atoms with Crippen molar-refractivity contribution in [3.8, 4) is 5.75 Å². The van der Waals surface area contributed by atoms with E-state index in [2.05, 4.69) is 10.5 Å². The molecule has 0 saturated heterocycles. The maximum absolute atomic E-state index is 13.3. The lowest BCUT2D eigenvalue weighted by Crippen LogP contribution is -2.26. The van der Waals surface area contributed by atoms with Crippen molar-refractivity contribution in [1.29, 1.82) is 0 Å². The van der Waals surface area contributed by atoms with Gasteiger partial charge >= 0.3 is 0 Å². The molecule has 1 aromatic carbocycles. The number of rotatable bonds is 5. The van der Waals surface area contributed by atoms with Crippen LogP contribution in [0.4, 0.5) is 4.39 Å². The summed E-state index contributed by atoms with van der Waals surface area (Å²) < 4.78 is 13.3. The Morgan fingerprint density at radius 2 is 2.22 bits per heavy atom. The largest absolute Gasteiger partial charge is 0.507 e. The molecule has 0 aliphatic rings. The minimum Gasteiger partial charge on any atom is -0.507 e. The standard InChI is InChI=1S/C11H14FN3O3/c12-7-3-1-4-8(16)10(7)11(17)14-6-2-5-9(13)15-18/h1,3-4,16,18H,2,5-6H2,(H2,13,15)(H,14,17). The van der Waals surface area contributed by atoms with Crippen LogP contribution in [0.3, 0.4) is 0 Å². The number of carbonyl (C=O) groups is 1. The summed E-state index contributed by atoms with van der Waals surface area (Å²) in [7, 11) is 0. The van der Waals surface area contributed by atoms with Crippen LogP contribution in [0.2, 0.25) is 0 Å². The maximum atomic E-state index is 13.3. The lowest BCUT2D eigenvalue weighted by molar-refractivity contribution is 0.0946. The molecule has 5 N–H and O–H groups in total. The second-order valence-electron chi connectivity index (χ2n) is 3.58. The Bertz CT molecular complexity index is 443. The molecular formula is C11H14FN3O3. The van der Waals surface area contributed by atoms with Gasteiger partial charge in [0.25, 0.3) is 5.91 Å². The number of halogens is 1. The molecule has 6 nitrogen and oxygen atoms in total. The van der Waals surface area contributed by atoms with E-state index in [1.54, 1.807) is 0 Å². The number of phenols is 1. The maximum Gasteiger partial charge on any atom is 0.258 e. The highest BCUT2D eigenvalue weighted by Gasteiger charge is 2.15. The molecule has 7 heteroatoms. The van der Waals surface area contributed by atoms with Crippen molar-refractivity contribution < 1.29 is 19.5 Å². The number of aromatic hydroxyl groups is 1. The molecule has 1 amide bonds. The molecule has 0 aliphatic heterocycles. The highest BCUT2D eigenvalue weighted by Crippen LogP contribution is 2.19. The Balaban J connectivity index is 2.51. The number of nitrogens with zero attached hydrogens (tertiary/aromatic N) is 1. The van der Waals surface area contributed by atoms with E-state index in [9.17, 15) is 14.3 Å². The number of amides is 1. The minimum absolute atomic E-state index is 0.0537. The average molecular weight is 255 g/mol. The van der Waals surface area contributed by atoms with Gasteiger partial charge in [-0.2, -0.15) is 0 Å². The van der Waals surface area contributed by atoms with Crippen molar-refractivity contribution in [2.75, 3.05) is 6.54 Å². The summed E-state index contributed by atoms with van der Waals surface area (Å²) in [6.07, 6.45) is 0.747. The summed E-state index contributed by atoms with van der Waals surface area (Å²) in [6, 6.07) is 3.62. The van der Waals surface area contributed by atoms with Crippen LogP contribution in [0.15, 0.2) is 23.4 Å². The van der Waals surface area contributed by atoms with Crippen molar-refractivity contribution in [3.63, 3.8) is 0 Å². The number of benzene rings is 1. The first-order valence-electron chi connectivity index (χ1n) is 5.28. The third kappa shape index (κ3) is 3.62. The van der Waals surface area contributed by atoms with Crippen LogP contribution >= 0.6 is 0 Å². The van der Waals surface area contributed by atoms with E-state index in [0.717, 1.165) is 6.07 Å². The van der Waals surface area contributed by atoms with E-state index in [0.29, 0.717) is 12.8 Å². The lowest BCUT2D eigenvalue weighted by Gasteiger charge is -2.07. The van der Waals surface area contributed by atoms with Gasteiger partial charge < -0.3 is 21.4 Å². The second kappa shape index (κ2) is 6.43. The molecular weight excluding hydrogens is 241 g/mol. The van der Waals surface area contributed by atoms with Gasteiger partial charge in [0.05, 0.1) is 0 Å². The predicted molar refractivity (Wildman–Crippen MR) is 63.0 cm³/mol. The number of hydrogen-bond acceptors (Lipinski definition) is 4. The second-order valence-corrected chi connectivity index (χ2v) is 3.58. The first-order valence-corrected chi connectivity index (χ1v) is 5.28. The number of amidine groups is 1.